The van der Waals surface area contributed by atoms with Crippen LogP contribution in [0, 0.1) is 6.92 Å². The number of ether oxygens (including phenoxy) is 1. The standard InChI is InChI=1S/C29H33Cl2N3O5S/c1-5-27(29(36)32-4)33(18-21-9-10-22(30)17-26(21)31)28(35)19-34(23-11-13-24(14-12-23)39-6-2)40(37,38)25-15-7-20(3)8-16-25/h7-17,27H,5-6,18-19H2,1-4H3,(H,32,36)/t27-/m0/s1. The van der Waals surface area contributed by atoms with Crippen molar-refractivity contribution in [1.82, 2.24) is 10.2 Å². The van der Waals surface area contributed by atoms with Gasteiger partial charge in [-0.15, -0.1) is 0 Å². The van der Waals surface area contributed by atoms with E-state index < -0.39 is 28.5 Å². The normalized spacial score (nSPS) is 11.9. The predicted molar refractivity (Wildman–Crippen MR) is 158 cm³/mol. The summed E-state index contributed by atoms with van der Waals surface area (Å²) in [7, 11) is -2.69. The Labute approximate surface area is 245 Å². The molecular formula is C29H33Cl2N3O5S. The highest BCUT2D eigenvalue weighted by molar-refractivity contribution is 7.92. The van der Waals surface area contributed by atoms with Crippen molar-refractivity contribution >= 4 is 50.7 Å². The average Bonchev–Trinajstić information content (AvgIpc) is 2.93. The fourth-order valence-electron chi connectivity index (χ4n) is 4.16. The first kappa shape index (κ1) is 31.3. The molecule has 0 radical (unpaired) electrons. The number of halogens is 2. The van der Waals surface area contributed by atoms with Gasteiger partial charge in [-0.1, -0.05) is 53.9 Å². The summed E-state index contributed by atoms with van der Waals surface area (Å²) in [6, 6.07) is 16.8. The highest BCUT2D eigenvalue weighted by atomic mass is 35.5. The minimum atomic E-state index is -4.17. The summed E-state index contributed by atoms with van der Waals surface area (Å²) in [5.74, 6) is -0.393. The van der Waals surface area contributed by atoms with Crippen molar-refractivity contribution in [2.75, 3.05) is 24.5 Å². The fourth-order valence-corrected chi connectivity index (χ4v) is 6.04. The lowest BCUT2D eigenvalue weighted by Gasteiger charge is -2.33. The van der Waals surface area contributed by atoms with Crippen LogP contribution in [0.4, 0.5) is 5.69 Å². The minimum Gasteiger partial charge on any atom is -0.494 e. The van der Waals surface area contributed by atoms with Crippen molar-refractivity contribution in [3.63, 3.8) is 0 Å². The van der Waals surface area contributed by atoms with Crippen molar-refractivity contribution in [2.45, 2.75) is 44.7 Å². The fraction of sp³-hybridized carbons (Fsp3) is 0.310. The summed E-state index contributed by atoms with van der Waals surface area (Å²) in [5.41, 5.74) is 1.73. The molecule has 3 aromatic rings. The van der Waals surface area contributed by atoms with Crippen molar-refractivity contribution < 1.29 is 22.7 Å². The van der Waals surface area contributed by atoms with Gasteiger partial charge in [-0.2, -0.15) is 0 Å². The number of likely N-dealkylation sites (N-methyl/N-ethyl adjacent to an activating group) is 1. The van der Waals surface area contributed by atoms with Crippen LogP contribution in [0.5, 0.6) is 5.75 Å². The summed E-state index contributed by atoms with van der Waals surface area (Å²) < 4.78 is 34.4. The summed E-state index contributed by atoms with van der Waals surface area (Å²) >= 11 is 12.5. The van der Waals surface area contributed by atoms with Crippen molar-refractivity contribution in [2.24, 2.45) is 0 Å². The molecule has 0 heterocycles. The molecule has 0 unspecified atom stereocenters. The number of aryl methyl sites for hydroxylation is 1. The van der Waals surface area contributed by atoms with Gasteiger partial charge in [0.25, 0.3) is 10.0 Å². The van der Waals surface area contributed by atoms with Crippen LogP contribution >= 0.6 is 23.2 Å². The Kier molecular flexibility index (Phi) is 10.8. The lowest BCUT2D eigenvalue weighted by Crippen LogP contribution is -2.51. The molecular weight excluding hydrogens is 573 g/mol. The number of nitrogens with one attached hydrogen (secondary N) is 1. The smallest absolute Gasteiger partial charge is 0.264 e. The third-order valence-electron chi connectivity index (χ3n) is 6.31. The topological polar surface area (TPSA) is 96.0 Å². The lowest BCUT2D eigenvalue weighted by molar-refractivity contribution is -0.140. The third-order valence-corrected chi connectivity index (χ3v) is 8.69. The number of hydrogen-bond donors (Lipinski definition) is 1. The van der Waals surface area contributed by atoms with Crippen LogP contribution in [0.2, 0.25) is 10.0 Å². The number of carbonyl (C=O) groups excluding carboxylic acids is 2. The first-order valence-electron chi connectivity index (χ1n) is 12.8. The van der Waals surface area contributed by atoms with Crippen LogP contribution in [-0.2, 0) is 26.2 Å². The van der Waals surface area contributed by atoms with E-state index in [9.17, 15) is 18.0 Å². The van der Waals surface area contributed by atoms with E-state index in [2.05, 4.69) is 5.32 Å². The molecule has 40 heavy (non-hydrogen) atoms. The van der Waals surface area contributed by atoms with E-state index in [4.69, 9.17) is 27.9 Å². The molecule has 0 saturated carbocycles. The number of carbonyl (C=O) groups is 2. The molecule has 0 saturated heterocycles. The maximum atomic E-state index is 14.0. The molecule has 0 fully saturated rings. The first-order valence-corrected chi connectivity index (χ1v) is 15.0. The van der Waals surface area contributed by atoms with Crippen LogP contribution < -0.4 is 14.4 Å². The molecule has 2 amide bonds. The second-order valence-corrected chi connectivity index (χ2v) is 11.8. The zero-order valence-electron chi connectivity index (χ0n) is 22.9. The highest BCUT2D eigenvalue weighted by Gasteiger charge is 2.33. The van der Waals surface area contributed by atoms with Crippen LogP contribution in [0.3, 0.4) is 0 Å². The maximum absolute atomic E-state index is 14.0. The summed E-state index contributed by atoms with van der Waals surface area (Å²) in [4.78, 5) is 28.2. The van der Waals surface area contributed by atoms with Crippen LogP contribution in [-0.4, -0.2) is 51.4 Å². The molecule has 1 atom stereocenters. The molecule has 214 valence electrons. The molecule has 0 aliphatic rings. The number of hydrogen-bond acceptors (Lipinski definition) is 5. The third kappa shape index (κ3) is 7.47. The minimum absolute atomic E-state index is 0.0253. The number of sulfonamides is 1. The summed E-state index contributed by atoms with van der Waals surface area (Å²) in [5, 5.41) is 3.35. The lowest BCUT2D eigenvalue weighted by atomic mass is 10.1. The second kappa shape index (κ2) is 13.9. The molecule has 3 aromatic carbocycles. The van der Waals surface area contributed by atoms with E-state index in [1.54, 1.807) is 61.5 Å². The Morgan fingerprint density at radius 2 is 1.62 bits per heavy atom. The molecule has 11 heteroatoms. The molecule has 3 rings (SSSR count). The quantitative estimate of drug-likeness (QED) is 0.296. The molecule has 0 bridgehead atoms. The molecule has 1 N–H and O–H groups in total. The number of rotatable bonds is 12. The highest BCUT2D eigenvalue weighted by Crippen LogP contribution is 2.28. The van der Waals surface area contributed by atoms with E-state index in [1.165, 1.54) is 24.1 Å². The van der Waals surface area contributed by atoms with Gasteiger partial charge in [0.2, 0.25) is 11.8 Å². The number of benzene rings is 3. The van der Waals surface area contributed by atoms with Crippen molar-refractivity contribution in [3.05, 3.63) is 87.9 Å². The second-order valence-electron chi connectivity index (χ2n) is 9.05. The van der Waals surface area contributed by atoms with E-state index >= 15 is 0 Å². The van der Waals surface area contributed by atoms with Gasteiger partial charge < -0.3 is 15.0 Å². The first-order chi connectivity index (χ1) is 19.0. The van der Waals surface area contributed by atoms with Gasteiger partial charge in [-0.25, -0.2) is 8.42 Å². The Bertz CT molecular complexity index is 1430. The Morgan fingerprint density at radius 1 is 0.975 bits per heavy atom. The van der Waals surface area contributed by atoms with Crippen LogP contribution in [0.15, 0.2) is 71.6 Å². The number of nitrogens with zero attached hydrogens (tertiary/aromatic N) is 2. The molecule has 0 spiro atoms. The average molecular weight is 607 g/mol. The summed E-state index contributed by atoms with van der Waals surface area (Å²) in [6.07, 6.45) is 0.296. The van der Waals surface area contributed by atoms with E-state index in [-0.39, 0.29) is 23.0 Å². The van der Waals surface area contributed by atoms with Gasteiger partial charge in [-0.3, -0.25) is 13.9 Å². The Balaban J connectivity index is 2.07. The largest absolute Gasteiger partial charge is 0.494 e. The van der Waals surface area contributed by atoms with Gasteiger partial charge in [-0.05, 0) is 74.4 Å². The van der Waals surface area contributed by atoms with E-state index in [1.807, 2.05) is 13.8 Å². The Morgan fingerprint density at radius 3 is 2.17 bits per heavy atom. The summed E-state index contributed by atoms with van der Waals surface area (Å²) in [6.45, 7) is 5.35. The van der Waals surface area contributed by atoms with Gasteiger partial charge in [0.1, 0.15) is 18.3 Å². The maximum Gasteiger partial charge on any atom is 0.264 e. The van der Waals surface area contributed by atoms with E-state index in [0.29, 0.717) is 34.4 Å². The monoisotopic (exact) mass is 605 g/mol. The van der Waals surface area contributed by atoms with Gasteiger partial charge in [0, 0.05) is 23.6 Å². The van der Waals surface area contributed by atoms with Crippen LogP contribution in [0.1, 0.15) is 31.4 Å². The van der Waals surface area contributed by atoms with Gasteiger partial charge in [0.05, 0.1) is 17.2 Å². The molecule has 8 nitrogen and oxygen atoms in total. The molecule has 0 aliphatic heterocycles. The Hall–Kier alpha value is -3.27. The SMILES string of the molecule is CCOc1ccc(N(CC(=O)N(Cc2ccc(Cl)cc2Cl)[C@@H](CC)C(=O)NC)S(=O)(=O)c2ccc(C)cc2)cc1. The van der Waals surface area contributed by atoms with Gasteiger partial charge >= 0.3 is 0 Å². The molecule has 0 aromatic heterocycles. The van der Waals surface area contributed by atoms with Crippen molar-refractivity contribution in [3.8, 4) is 5.75 Å². The number of amides is 2. The zero-order valence-corrected chi connectivity index (χ0v) is 25.2. The van der Waals surface area contributed by atoms with Crippen LogP contribution in [0.25, 0.3) is 0 Å². The number of anilines is 1. The zero-order chi connectivity index (χ0) is 29.4. The van der Waals surface area contributed by atoms with Gasteiger partial charge in [0.15, 0.2) is 0 Å². The van der Waals surface area contributed by atoms with Crippen molar-refractivity contribution in [1.29, 1.82) is 0 Å². The van der Waals surface area contributed by atoms with E-state index in [0.717, 1.165) is 9.87 Å². The molecule has 0 aliphatic carbocycles. The predicted octanol–water partition coefficient (Wildman–Crippen LogP) is 5.45.